The number of rotatable bonds is 5. The van der Waals surface area contributed by atoms with Crippen LogP contribution in [-0.4, -0.2) is 68.4 Å². The second kappa shape index (κ2) is 7.44. The summed E-state index contributed by atoms with van der Waals surface area (Å²) in [5.41, 5.74) is -1.01. The largest absolute Gasteiger partial charge is 0.481 e. The highest BCUT2D eigenvalue weighted by Gasteiger charge is 2.55. The molecule has 2 aliphatic heterocycles. The van der Waals surface area contributed by atoms with Gasteiger partial charge in [-0.15, -0.1) is 0 Å². The van der Waals surface area contributed by atoms with Crippen LogP contribution in [0.1, 0.15) is 39.0 Å². The fourth-order valence-corrected chi connectivity index (χ4v) is 5.75. The first kappa shape index (κ1) is 19.6. The molecular formula is C17H28N2O6S. The van der Waals surface area contributed by atoms with E-state index in [1.54, 1.807) is 0 Å². The smallest absolute Gasteiger partial charge is 0.311 e. The molecule has 1 saturated carbocycles. The molecule has 9 heteroatoms. The van der Waals surface area contributed by atoms with Gasteiger partial charge in [-0.25, -0.2) is 13.1 Å². The lowest BCUT2D eigenvalue weighted by Gasteiger charge is -2.33. The number of carbonyl (C=O) groups is 2. The first-order valence-electron chi connectivity index (χ1n) is 9.31. The molecule has 2 atom stereocenters. The summed E-state index contributed by atoms with van der Waals surface area (Å²) < 4.78 is 32.8. The van der Waals surface area contributed by atoms with E-state index < -0.39 is 33.1 Å². The molecular weight excluding hydrogens is 360 g/mol. The lowest BCUT2D eigenvalue weighted by Crippen LogP contribution is -2.46. The van der Waals surface area contributed by atoms with Gasteiger partial charge in [-0.1, -0.05) is 6.92 Å². The fourth-order valence-electron chi connectivity index (χ4n) is 4.42. The van der Waals surface area contributed by atoms with E-state index >= 15 is 0 Å². The minimum absolute atomic E-state index is 0.0612. The molecule has 0 bridgehead atoms. The average Bonchev–Trinajstić information content (AvgIpc) is 2.97. The molecule has 1 amide bonds. The normalized spacial score (nSPS) is 35.1. The van der Waals surface area contributed by atoms with E-state index in [-0.39, 0.29) is 25.0 Å². The van der Waals surface area contributed by atoms with Gasteiger partial charge in [0.15, 0.2) is 0 Å². The van der Waals surface area contributed by atoms with E-state index in [0.29, 0.717) is 25.6 Å². The summed E-state index contributed by atoms with van der Waals surface area (Å²) >= 11 is 0. The summed E-state index contributed by atoms with van der Waals surface area (Å²) in [6.45, 7) is 3.10. The van der Waals surface area contributed by atoms with Crippen molar-refractivity contribution in [1.82, 2.24) is 9.62 Å². The van der Waals surface area contributed by atoms with Crippen LogP contribution in [0, 0.1) is 17.3 Å². The zero-order valence-electron chi connectivity index (χ0n) is 15.1. The summed E-state index contributed by atoms with van der Waals surface area (Å²) in [5.74, 6) is -1.76. The van der Waals surface area contributed by atoms with Crippen molar-refractivity contribution in [2.45, 2.75) is 45.1 Å². The number of carboxylic acid groups (broad SMARTS) is 1. The van der Waals surface area contributed by atoms with E-state index in [0.717, 1.165) is 25.7 Å². The predicted molar refractivity (Wildman–Crippen MR) is 93.9 cm³/mol. The van der Waals surface area contributed by atoms with Crippen molar-refractivity contribution in [2.24, 2.45) is 17.3 Å². The maximum absolute atomic E-state index is 12.5. The SMILES string of the molecule is CC1CCC(NS(=O)(=O)CC(=O)N2C[C@H]3COCC[C@@]3(C(=O)O)C2)CC1. The highest BCUT2D eigenvalue weighted by Crippen LogP contribution is 2.42. The Morgan fingerprint density at radius 3 is 2.58 bits per heavy atom. The number of ether oxygens (including phenoxy) is 1. The predicted octanol–water partition coefficient (Wildman–Crippen LogP) is 0.434. The molecule has 8 nitrogen and oxygen atoms in total. The van der Waals surface area contributed by atoms with Gasteiger partial charge in [0.1, 0.15) is 5.75 Å². The summed E-state index contributed by atoms with van der Waals surface area (Å²) in [6.07, 6.45) is 3.90. The van der Waals surface area contributed by atoms with Crippen molar-refractivity contribution in [3.8, 4) is 0 Å². The number of hydrogen-bond donors (Lipinski definition) is 2. The Labute approximate surface area is 154 Å². The van der Waals surface area contributed by atoms with Crippen molar-refractivity contribution < 1.29 is 27.9 Å². The molecule has 148 valence electrons. The second-order valence-corrected chi connectivity index (χ2v) is 9.84. The maximum atomic E-state index is 12.5. The van der Waals surface area contributed by atoms with Crippen LogP contribution in [0.3, 0.4) is 0 Å². The zero-order valence-corrected chi connectivity index (χ0v) is 16.0. The highest BCUT2D eigenvalue weighted by molar-refractivity contribution is 7.90. The topological polar surface area (TPSA) is 113 Å². The van der Waals surface area contributed by atoms with Crippen LogP contribution in [0.4, 0.5) is 0 Å². The lowest BCUT2D eigenvalue weighted by molar-refractivity contribution is -0.157. The number of likely N-dealkylation sites (tertiary alicyclic amines) is 1. The third kappa shape index (κ3) is 4.04. The van der Waals surface area contributed by atoms with Crippen molar-refractivity contribution in [3.63, 3.8) is 0 Å². The molecule has 0 spiro atoms. The van der Waals surface area contributed by atoms with Gasteiger partial charge in [0.25, 0.3) is 0 Å². The van der Waals surface area contributed by atoms with Crippen molar-refractivity contribution in [1.29, 1.82) is 0 Å². The number of sulfonamides is 1. The Bertz CT molecular complexity index is 658. The van der Waals surface area contributed by atoms with E-state index in [4.69, 9.17) is 4.74 Å². The molecule has 3 rings (SSSR count). The van der Waals surface area contributed by atoms with Gasteiger partial charge >= 0.3 is 5.97 Å². The molecule has 0 radical (unpaired) electrons. The molecule has 2 N–H and O–H groups in total. The second-order valence-electron chi connectivity index (χ2n) is 8.09. The Hall–Kier alpha value is -1.19. The molecule has 3 aliphatic rings. The average molecular weight is 388 g/mol. The number of amides is 1. The van der Waals surface area contributed by atoms with Crippen LogP contribution < -0.4 is 4.72 Å². The number of carbonyl (C=O) groups excluding carboxylic acids is 1. The molecule has 0 aromatic carbocycles. The molecule has 3 fully saturated rings. The van der Waals surface area contributed by atoms with Gasteiger partial charge in [-0.3, -0.25) is 9.59 Å². The molecule has 2 saturated heterocycles. The van der Waals surface area contributed by atoms with Crippen molar-refractivity contribution in [3.05, 3.63) is 0 Å². The van der Waals surface area contributed by atoms with Crippen LogP contribution in [0.2, 0.25) is 0 Å². The van der Waals surface area contributed by atoms with E-state index in [1.165, 1.54) is 4.90 Å². The standard InChI is InChI=1S/C17H28N2O6S/c1-12-2-4-14(5-3-12)18-26(23,24)10-15(20)19-8-13-9-25-7-6-17(13,11-19)16(21)22/h12-14,18H,2-11H2,1H3,(H,21,22)/t12?,13-,14?,17+/m0/s1. The molecule has 26 heavy (non-hydrogen) atoms. The van der Waals surface area contributed by atoms with Crippen LogP contribution in [0.5, 0.6) is 0 Å². The van der Waals surface area contributed by atoms with Gasteiger partial charge in [-0.05, 0) is 38.0 Å². The molecule has 1 aliphatic carbocycles. The van der Waals surface area contributed by atoms with Crippen molar-refractivity contribution in [2.75, 3.05) is 32.1 Å². The molecule has 0 unspecified atom stereocenters. The Kier molecular flexibility index (Phi) is 5.60. The Morgan fingerprint density at radius 1 is 1.27 bits per heavy atom. The van der Waals surface area contributed by atoms with E-state index in [1.807, 2.05) is 0 Å². The summed E-state index contributed by atoms with van der Waals surface area (Å²) in [4.78, 5) is 25.7. The lowest BCUT2D eigenvalue weighted by atomic mass is 9.74. The van der Waals surface area contributed by atoms with Gasteiger partial charge in [0, 0.05) is 31.7 Å². The number of carboxylic acids is 1. The number of nitrogens with one attached hydrogen (secondary N) is 1. The quantitative estimate of drug-likeness (QED) is 0.706. The summed E-state index contributed by atoms with van der Waals surface area (Å²) in [5, 5.41) is 9.64. The van der Waals surface area contributed by atoms with Gasteiger partial charge in [-0.2, -0.15) is 0 Å². The first-order chi connectivity index (χ1) is 12.2. The highest BCUT2D eigenvalue weighted by atomic mass is 32.2. The summed E-state index contributed by atoms with van der Waals surface area (Å²) in [7, 11) is -3.73. The summed E-state index contributed by atoms with van der Waals surface area (Å²) in [6, 6.07) is -0.107. The monoisotopic (exact) mass is 388 g/mol. The van der Waals surface area contributed by atoms with Crippen LogP contribution in [-0.2, 0) is 24.3 Å². The number of nitrogens with zero attached hydrogens (tertiary/aromatic N) is 1. The van der Waals surface area contributed by atoms with Gasteiger partial charge in [0.2, 0.25) is 15.9 Å². The number of fused-ring (bicyclic) bond motifs is 1. The van der Waals surface area contributed by atoms with E-state index in [9.17, 15) is 23.1 Å². The van der Waals surface area contributed by atoms with Crippen molar-refractivity contribution >= 4 is 21.9 Å². The van der Waals surface area contributed by atoms with Crippen LogP contribution in [0.15, 0.2) is 0 Å². The van der Waals surface area contributed by atoms with Crippen LogP contribution in [0.25, 0.3) is 0 Å². The minimum atomic E-state index is -3.73. The van der Waals surface area contributed by atoms with Gasteiger partial charge < -0.3 is 14.7 Å². The van der Waals surface area contributed by atoms with E-state index in [2.05, 4.69) is 11.6 Å². The number of hydrogen-bond acceptors (Lipinski definition) is 5. The molecule has 0 aromatic heterocycles. The van der Waals surface area contributed by atoms with Crippen LogP contribution >= 0.6 is 0 Å². The maximum Gasteiger partial charge on any atom is 0.311 e. The fraction of sp³-hybridized carbons (Fsp3) is 0.882. The Morgan fingerprint density at radius 2 is 1.96 bits per heavy atom. The van der Waals surface area contributed by atoms with Gasteiger partial charge in [0.05, 0.1) is 12.0 Å². The third-order valence-electron chi connectivity index (χ3n) is 6.16. The molecule has 2 heterocycles. The molecule has 0 aromatic rings. The Balaban J connectivity index is 1.60. The number of aliphatic carboxylic acids is 1. The minimum Gasteiger partial charge on any atom is -0.481 e. The third-order valence-corrected chi connectivity index (χ3v) is 7.48. The zero-order chi connectivity index (χ0) is 18.9. The first-order valence-corrected chi connectivity index (χ1v) is 11.0.